The summed E-state index contributed by atoms with van der Waals surface area (Å²) in [7, 11) is 0. The third kappa shape index (κ3) is 4.49. The Bertz CT molecular complexity index is 781. The van der Waals surface area contributed by atoms with Gasteiger partial charge in [-0.2, -0.15) is 0 Å². The summed E-state index contributed by atoms with van der Waals surface area (Å²) in [6.45, 7) is 1.97. The largest absolute Gasteiger partial charge is 0.494 e. The van der Waals surface area contributed by atoms with Gasteiger partial charge in [-0.1, -0.05) is 35.9 Å². The summed E-state index contributed by atoms with van der Waals surface area (Å²) in [5, 5.41) is 40.0. The fourth-order valence-corrected chi connectivity index (χ4v) is 3.58. The van der Waals surface area contributed by atoms with E-state index in [-0.39, 0.29) is 0 Å². The minimum absolute atomic E-state index is 0.565. The van der Waals surface area contributed by atoms with Gasteiger partial charge in [-0.05, 0) is 48.2 Å². The molecule has 0 radical (unpaired) electrons. The second-order valence-electron chi connectivity index (χ2n) is 6.86. The van der Waals surface area contributed by atoms with E-state index in [1.807, 2.05) is 37.3 Å². The first-order valence-corrected chi connectivity index (χ1v) is 9.63. The molecule has 1 saturated heterocycles. The molecule has 6 nitrogen and oxygen atoms in total. The molecule has 1 fully saturated rings. The number of hydrogen-bond donors (Lipinski definition) is 4. The molecule has 1 heterocycles. The molecular weight excluding hydrogens is 384 g/mol. The van der Waals surface area contributed by atoms with Gasteiger partial charge in [-0.15, -0.1) is 0 Å². The molecule has 0 aliphatic carbocycles. The summed E-state index contributed by atoms with van der Waals surface area (Å²) < 4.78 is 11.1. The van der Waals surface area contributed by atoms with Gasteiger partial charge in [-0.3, -0.25) is 0 Å². The first-order valence-electron chi connectivity index (χ1n) is 9.25. The van der Waals surface area contributed by atoms with Crippen LogP contribution in [-0.4, -0.2) is 58.1 Å². The lowest BCUT2D eigenvalue weighted by atomic mass is 9.96. The van der Waals surface area contributed by atoms with Crippen molar-refractivity contribution in [3.8, 4) is 5.75 Å². The summed E-state index contributed by atoms with van der Waals surface area (Å²) in [5.41, 5.74) is 2.54. The van der Waals surface area contributed by atoms with Gasteiger partial charge in [0.2, 0.25) is 0 Å². The van der Waals surface area contributed by atoms with E-state index in [0.717, 1.165) is 16.9 Å². The molecule has 4 N–H and O–H groups in total. The third-order valence-corrected chi connectivity index (χ3v) is 5.26. The second-order valence-corrected chi connectivity index (χ2v) is 7.26. The molecule has 7 heteroatoms. The highest BCUT2D eigenvalue weighted by Crippen LogP contribution is 2.36. The quantitative estimate of drug-likeness (QED) is 0.558. The van der Waals surface area contributed by atoms with Gasteiger partial charge in [0.25, 0.3) is 0 Å². The van der Waals surface area contributed by atoms with Crippen LogP contribution in [0, 0.1) is 0 Å². The molecule has 3 unspecified atom stereocenters. The molecule has 0 bridgehead atoms. The molecule has 0 amide bonds. The fraction of sp³-hybridized carbons (Fsp3) is 0.429. The van der Waals surface area contributed by atoms with Crippen molar-refractivity contribution >= 4 is 11.6 Å². The first-order chi connectivity index (χ1) is 13.4. The number of benzene rings is 2. The lowest BCUT2D eigenvalue weighted by molar-refractivity contribution is -0.0820. The summed E-state index contributed by atoms with van der Waals surface area (Å²) in [6, 6.07) is 13.0. The number of aliphatic hydroxyl groups excluding tert-OH is 4. The molecule has 1 aliphatic rings. The Labute approximate surface area is 168 Å². The molecule has 28 heavy (non-hydrogen) atoms. The summed E-state index contributed by atoms with van der Waals surface area (Å²) in [4.78, 5) is 0. The molecule has 2 aromatic carbocycles. The number of halogens is 1. The standard InChI is InChI=1S/C21H25ClO6/c1-2-27-15-6-3-12(4-7-15)9-14-10-13(5-8-16(14)22)20-18(25)19(26)21(28-20)17(24)11-23/h3-8,10,17-21,23-26H,2,9,11H2,1H3/t17?,18-,19-,20?,21?/m1/s1. The van der Waals surface area contributed by atoms with E-state index < -0.39 is 37.1 Å². The second kappa shape index (κ2) is 9.22. The Kier molecular flexibility index (Phi) is 6.93. The van der Waals surface area contributed by atoms with Crippen LogP contribution in [0.15, 0.2) is 42.5 Å². The van der Waals surface area contributed by atoms with Crippen molar-refractivity contribution in [2.24, 2.45) is 0 Å². The molecule has 152 valence electrons. The van der Waals surface area contributed by atoms with E-state index in [1.54, 1.807) is 12.1 Å². The zero-order valence-electron chi connectivity index (χ0n) is 15.5. The summed E-state index contributed by atoms with van der Waals surface area (Å²) >= 11 is 6.35. The van der Waals surface area contributed by atoms with Crippen LogP contribution in [0.3, 0.4) is 0 Å². The number of ether oxygens (including phenoxy) is 2. The predicted molar refractivity (Wildman–Crippen MR) is 105 cm³/mol. The van der Waals surface area contributed by atoms with Crippen LogP contribution in [0.25, 0.3) is 0 Å². The van der Waals surface area contributed by atoms with Crippen molar-refractivity contribution in [2.75, 3.05) is 13.2 Å². The molecule has 0 saturated carbocycles. The van der Waals surface area contributed by atoms with Crippen molar-refractivity contribution in [3.63, 3.8) is 0 Å². The van der Waals surface area contributed by atoms with E-state index in [1.165, 1.54) is 0 Å². The summed E-state index contributed by atoms with van der Waals surface area (Å²) in [5.74, 6) is 0.802. The van der Waals surface area contributed by atoms with E-state index in [0.29, 0.717) is 23.6 Å². The topological polar surface area (TPSA) is 99.4 Å². The van der Waals surface area contributed by atoms with Crippen molar-refractivity contribution < 1.29 is 29.9 Å². The average molecular weight is 409 g/mol. The maximum absolute atomic E-state index is 10.3. The maximum Gasteiger partial charge on any atom is 0.119 e. The molecule has 0 aromatic heterocycles. The lowest BCUT2D eigenvalue weighted by Crippen LogP contribution is -2.40. The van der Waals surface area contributed by atoms with Crippen LogP contribution in [0.5, 0.6) is 5.75 Å². The van der Waals surface area contributed by atoms with E-state index in [9.17, 15) is 15.3 Å². The maximum atomic E-state index is 10.3. The van der Waals surface area contributed by atoms with Crippen molar-refractivity contribution in [3.05, 3.63) is 64.2 Å². The molecule has 5 atom stereocenters. The number of aliphatic hydroxyl groups is 4. The molecule has 3 rings (SSSR count). The SMILES string of the molecule is CCOc1ccc(Cc2cc(C3OC(C(O)CO)[C@H](O)[C@H]3O)ccc2Cl)cc1. The van der Waals surface area contributed by atoms with Gasteiger partial charge < -0.3 is 29.9 Å². The Morgan fingerprint density at radius 2 is 1.82 bits per heavy atom. The smallest absolute Gasteiger partial charge is 0.119 e. The van der Waals surface area contributed by atoms with Crippen LogP contribution >= 0.6 is 11.6 Å². The Morgan fingerprint density at radius 3 is 2.46 bits per heavy atom. The van der Waals surface area contributed by atoms with Crippen LogP contribution in [0.1, 0.15) is 29.7 Å². The Balaban J connectivity index is 1.79. The molecule has 1 aliphatic heterocycles. The lowest BCUT2D eigenvalue weighted by Gasteiger charge is -2.19. The Morgan fingerprint density at radius 1 is 1.11 bits per heavy atom. The van der Waals surface area contributed by atoms with E-state index >= 15 is 0 Å². The zero-order valence-corrected chi connectivity index (χ0v) is 16.3. The van der Waals surface area contributed by atoms with Crippen LogP contribution in [0.2, 0.25) is 5.02 Å². The summed E-state index contributed by atoms with van der Waals surface area (Å²) in [6.07, 6.45) is -5.09. The van der Waals surface area contributed by atoms with Gasteiger partial charge in [-0.25, -0.2) is 0 Å². The van der Waals surface area contributed by atoms with E-state index in [2.05, 4.69) is 0 Å². The molecular formula is C21H25ClO6. The average Bonchev–Trinajstić information content (AvgIpc) is 3.00. The van der Waals surface area contributed by atoms with Crippen molar-refractivity contribution in [1.29, 1.82) is 0 Å². The van der Waals surface area contributed by atoms with Crippen molar-refractivity contribution in [1.82, 2.24) is 0 Å². The van der Waals surface area contributed by atoms with Crippen LogP contribution in [0.4, 0.5) is 0 Å². The number of rotatable bonds is 7. The molecule has 0 spiro atoms. The monoisotopic (exact) mass is 408 g/mol. The predicted octanol–water partition coefficient (Wildman–Crippen LogP) is 1.84. The van der Waals surface area contributed by atoms with Crippen molar-refractivity contribution in [2.45, 2.75) is 43.9 Å². The normalized spacial score (nSPS) is 25.6. The van der Waals surface area contributed by atoms with Gasteiger partial charge in [0.15, 0.2) is 0 Å². The minimum atomic E-state index is -1.29. The van der Waals surface area contributed by atoms with E-state index in [4.69, 9.17) is 26.2 Å². The highest BCUT2D eigenvalue weighted by atomic mass is 35.5. The van der Waals surface area contributed by atoms with Gasteiger partial charge in [0, 0.05) is 5.02 Å². The van der Waals surface area contributed by atoms with Crippen LogP contribution in [-0.2, 0) is 11.2 Å². The van der Waals surface area contributed by atoms with Gasteiger partial charge in [0.05, 0.1) is 13.2 Å². The van der Waals surface area contributed by atoms with Gasteiger partial charge in [0.1, 0.15) is 36.3 Å². The zero-order chi connectivity index (χ0) is 20.3. The minimum Gasteiger partial charge on any atom is -0.494 e. The first kappa shape index (κ1) is 21.0. The Hall–Kier alpha value is -1.67. The fourth-order valence-electron chi connectivity index (χ4n) is 3.40. The highest BCUT2D eigenvalue weighted by Gasteiger charge is 2.46. The number of hydrogen-bond acceptors (Lipinski definition) is 6. The van der Waals surface area contributed by atoms with Crippen LogP contribution < -0.4 is 4.74 Å². The molecule has 2 aromatic rings. The highest BCUT2D eigenvalue weighted by molar-refractivity contribution is 6.31. The third-order valence-electron chi connectivity index (χ3n) is 4.89. The van der Waals surface area contributed by atoms with Gasteiger partial charge >= 0.3 is 0 Å².